The molecule has 0 saturated heterocycles. The molecule has 2 aliphatic rings. The van der Waals surface area contributed by atoms with Gasteiger partial charge in [-0.1, -0.05) is 0 Å². The summed E-state index contributed by atoms with van der Waals surface area (Å²) < 4.78 is 0. The lowest BCUT2D eigenvalue weighted by Crippen LogP contribution is -2.38. The number of Topliss-reactive ketones (excluding diaryl/α,β-unsaturated/α-hetero) is 1. The van der Waals surface area contributed by atoms with Crippen molar-refractivity contribution in [2.75, 3.05) is 0 Å². The van der Waals surface area contributed by atoms with E-state index in [1.165, 1.54) is 12.8 Å². The van der Waals surface area contributed by atoms with E-state index in [1.807, 2.05) is 0 Å². The van der Waals surface area contributed by atoms with Crippen LogP contribution in [-0.4, -0.2) is 11.2 Å². The summed E-state index contributed by atoms with van der Waals surface area (Å²) in [5.41, 5.74) is 0. The SMILES string of the molecule is O=C1C[C@H]2CC[C@@H]2C[C@@H]1Cl. The Bertz CT molecular complexity index is 167. The zero-order chi connectivity index (χ0) is 7.14. The Morgan fingerprint density at radius 3 is 2.50 bits per heavy atom. The maximum atomic E-state index is 11.1. The molecule has 0 N–H and O–H groups in total. The van der Waals surface area contributed by atoms with Crippen molar-refractivity contribution in [2.45, 2.75) is 31.1 Å². The average Bonchev–Trinajstić information content (AvgIpc) is 1.89. The van der Waals surface area contributed by atoms with Gasteiger partial charge in [0.2, 0.25) is 0 Å². The molecule has 0 radical (unpaired) electrons. The molecule has 0 aromatic carbocycles. The number of alkyl halides is 1. The van der Waals surface area contributed by atoms with E-state index >= 15 is 0 Å². The summed E-state index contributed by atoms with van der Waals surface area (Å²) in [6.07, 6.45) is 4.28. The average molecular weight is 159 g/mol. The Morgan fingerprint density at radius 2 is 2.00 bits per heavy atom. The highest BCUT2D eigenvalue weighted by Crippen LogP contribution is 2.44. The second-order valence-electron chi connectivity index (χ2n) is 3.47. The van der Waals surface area contributed by atoms with Crippen molar-refractivity contribution < 1.29 is 4.79 Å². The quantitative estimate of drug-likeness (QED) is 0.493. The molecule has 3 atom stereocenters. The lowest BCUT2D eigenvalue weighted by Gasteiger charge is -2.41. The van der Waals surface area contributed by atoms with Crippen LogP contribution in [0.1, 0.15) is 25.7 Å². The van der Waals surface area contributed by atoms with Gasteiger partial charge in [0.1, 0.15) is 0 Å². The Labute approximate surface area is 65.7 Å². The number of fused-ring (bicyclic) bond motifs is 1. The molecule has 0 aromatic heterocycles. The Hall–Kier alpha value is -0.0400. The maximum absolute atomic E-state index is 11.1. The van der Waals surface area contributed by atoms with Crippen LogP contribution < -0.4 is 0 Å². The molecule has 56 valence electrons. The molecule has 0 aromatic rings. The van der Waals surface area contributed by atoms with Crippen LogP contribution in [-0.2, 0) is 4.79 Å². The Kier molecular flexibility index (Phi) is 1.48. The van der Waals surface area contributed by atoms with Gasteiger partial charge in [0.25, 0.3) is 0 Å². The first-order valence-corrected chi connectivity index (χ1v) is 4.38. The Balaban J connectivity index is 2.03. The molecule has 0 bridgehead atoms. The van der Waals surface area contributed by atoms with Gasteiger partial charge in [-0.15, -0.1) is 11.6 Å². The fourth-order valence-corrected chi connectivity index (χ4v) is 2.32. The molecule has 0 aliphatic heterocycles. The van der Waals surface area contributed by atoms with Gasteiger partial charge in [-0.25, -0.2) is 0 Å². The van der Waals surface area contributed by atoms with Crippen LogP contribution in [0.25, 0.3) is 0 Å². The summed E-state index contributed by atoms with van der Waals surface area (Å²) in [6.45, 7) is 0. The van der Waals surface area contributed by atoms with Crippen molar-refractivity contribution in [1.29, 1.82) is 0 Å². The fraction of sp³-hybridized carbons (Fsp3) is 0.875. The molecule has 1 nitrogen and oxygen atoms in total. The lowest BCUT2D eigenvalue weighted by atomic mass is 9.65. The van der Waals surface area contributed by atoms with Crippen LogP contribution in [0, 0.1) is 11.8 Å². The molecule has 0 amide bonds. The minimum atomic E-state index is -0.151. The highest BCUT2D eigenvalue weighted by Gasteiger charge is 2.40. The Morgan fingerprint density at radius 1 is 1.30 bits per heavy atom. The van der Waals surface area contributed by atoms with Crippen LogP contribution in [0.5, 0.6) is 0 Å². The molecule has 10 heavy (non-hydrogen) atoms. The predicted molar refractivity (Wildman–Crippen MR) is 40.1 cm³/mol. The lowest BCUT2D eigenvalue weighted by molar-refractivity contribution is -0.124. The monoisotopic (exact) mass is 158 g/mol. The van der Waals surface area contributed by atoms with Crippen LogP contribution in [0.4, 0.5) is 0 Å². The molecular weight excluding hydrogens is 148 g/mol. The number of hydrogen-bond acceptors (Lipinski definition) is 1. The van der Waals surface area contributed by atoms with Crippen molar-refractivity contribution in [1.82, 2.24) is 0 Å². The van der Waals surface area contributed by atoms with E-state index in [-0.39, 0.29) is 11.2 Å². The summed E-state index contributed by atoms with van der Waals surface area (Å²) in [4.78, 5) is 11.1. The third-order valence-electron chi connectivity index (χ3n) is 2.90. The number of ketones is 1. The first-order valence-electron chi connectivity index (χ1n) is 3.94. The smallest absolute Gasteiger partial charge is 0.150 e. The molecule has 0 heterocycles. The van der Waals surface area contributed by atoms with Crippen LogP contribution in [0.3, 0.4) is 0 Å². The van der Waals surface area contributed by atoms with E-state index < -0.39 is 0 Å². The largest absolute Gasteiger partial charge is 0.298 e. The molecule has 2 heteroatoms. The topological polar surface area (TPSA) is 17.1 Å². The molecule has 2 rings (SSSR count). The number of hydrogen-bond donors (Lipinski definition) is 0. The predicted octanol–water partition coefficient (Wildman–Crippen LogP) is 1.98. The van der Waals surface area contributed by atoms with Crippen molar-refractivity contribution in [3.8, 4) is 0 Å². The van der Waals surface area contributed by atoms with Crippen LogP contribution in [0.15, 0.2) is 0 Å². The van der Waals surface area contributed by atoms with Crippen molar-refractivity contribution in [3.63, 3.8) is 0 Å². The first kappa shape index (κ1) is 6.66. The number of carbonyl (C=O) groups is 1. The summed E-state index contributed by atoms with van der Waals surface area (Å²) in [6, 6.07) is 0. The van der Waals surface area contributed by atoms with Crippen molar-refractivity contribution in [3.05, 3.63) is 0 Å². The number of carbonyl (C=O) groups excluding carboxylic acids is 1. The maximum Gasteiger partial charge on any atom is 0.150 e. The van der Waals surface area contributed by atoms with Gasteiger partial charge >= 0.3 is 0 Å². The van der Waals surface area contributed by atoms with Gasteiger partial charge in [0.05, 0.1) is 5.38 Å². The minimum absolute atomic E-state index is 0.151. The van der Waals surface area contributed by atoms with Gasteiger partial charge in [0.15, 0.2) is 5.78 Å². The molecule has 0 spiro atoms. The van der Waals surface area contributed by atoms with Gasteiger partial charge in [0, 0.05) is 6.42 Å². The number of halogens is 1. The highest BCUT2D eigenvalue weighted by atomic mass is 35.5. The third kappa shape index (κ3) is 0.878. The zero-order valence-corrected chi connectivity index (χ0v) is 6.60. The third-order valence-corrected chi connectivity index (χ3v) is 3.32. The molecule has 2 fully saturated rings. The van der Waals surface area contributed by atoms with Gasteiger partial charge < -0.3 is 0 Å². The first-order chi connectivity index (χ1) is 4.77. The van der Waals surface area contributed by atoms with E-state index in [2.05, 4.69) is 0 Å². The van der Waals surface area contributed by atoms with Gasteiger partial charge in [-0.3, -0.25) is 4.79 Å². The molecule has 2 aliphatic carbocycles. The van der Waals surface area contributed by atoms with Gasteiger partial charge in [-0.2, -0.15) is 0 Å². The zero-order valence-electron chi connectivity index (χ0n) is 5.85. The second kappa shape index (κ2) is 2.23. The molecular formula is C8H11ClO. The van der Waals surface area contributed by atoms with E-state index in [1.54, 1.807) is 0 Å². The highest BCUT2D eigenvalue weighted by molar-refractivity contribution is 6.31. The van der Waals surface area contributed by atoms with E-state index in [9.17, 15) is 4.79 Å². The summed E-state index contributed by atoms with van der Waals surface area (Å²) in [5, 5.41) is -0.151. The van der Waals surface area contributed by atoms with E-state index in [0.717, 1.165) is 18.8 Å². The molecule has 2 saturated carbocycles. The van der Waals surface area contributed by atoms with E-state index in [4.69, 9.17) is 11.6 Å². The van der Waals surface area contributed by atoms with Crippen molar-refractivity contribution in [2.24, 2.45) is 11.8 Å². The van der Waals surface area contributed by atoms with Crippen LogP contribution >= 0.6 is 11.6 Å². The summed E-state index contributed by atoms with van der Waals surface area (Å²) in [5.74, 6) is 1.78. The standard InChI is InChI=1S/C8H11ClO/c9-7-3-5-1-2-6(5)4-8(7)10/h5-7H,1-4H2/t5-,6-,7+/m1/s1. The second-order valence-corrected chi connectivity index (χ2v) is 4.00. The van der Waals surface area contributed by atoms with Crippen molar-refractivity contribution >= 4 is 17.4 Å². The summed E-state index contributed by atoms with van der Waals surface area (Å²) in [7, 11) is 0. The summed E-state index contributed by atoms with van der Waals surface area (Å²) >= 11 is 5.81. The van der Waals surface area contributed by atoms with E-state index in [0.29, 0.717) is 5.92 Å². The van der Waals surface area contributed by atoms with Gasteiger partial charge in [-0.05, 0) is 31.1 Å². The van der Waals surface area contributed by atoms with Crippen LogP contribution in [0.2, 0.25) is 0 Å². The minimum Gasteiger partial charge on any atom is -0.298 e. The number of rotatable bonds is 0. The normalized spacial score (nSPS) is 46.1. The molecule has 0 unspecified atom stereocenters. The fourth-order valence-electron chi connectivity index (χ4n) is 2.00.